The maximum Gasteiger partial charge on any atom is 0.303 e. The normalized spacial score (nSPS) is 20.8. The van der Waals surface area contributed by atoms with Crippen molar-refractivity contribution in [2.24, 2.45) is 5.92 Å². The summed E-state index contributed by atoms with van der Waals surface area (Å²) in [5.74, 6) is -0.650. The van der Waals surface area contributed by atoms with E-state index in [4.69, 9.17) is 5.11 Å². The summed E-state index contributed by atoms with van der Waals surface area (Å²) >= 11 is 0. The molecule has 4 nitrogen and oxygen atoms in total. The van der Waals surface area contributed by atoms with Crippen LogP contribution in [0.25, 0.3) is 10.8 Å². The molecule has 1 aliphatic rings. The maximum absolute atomic E-state index is 12.2. The summed E-state index contributed by atoms with van der Waals surface area (Å²) in [6.07, 6.45) is 1.71. The molecule has 108 valence electrons. The molecule has 21 heavy (non-hydrogen) atoms. The molecule has 2 aromatic rings. The summed E-state index contributed by atoms with van der Waals surface area (Å²) in [4.78, 5) is 22.8. The van der Waals surface area contributed by atoms with Crippen LogP contribution >= 0.6 is 0 Å². The Bertz CT molecular complexity index is 689. The van der Waals surface area contributed by atoms with Gasteiger partial charge in [-0.2, -0.15) is 0 Å². The Morgan fingerprint density at radius 1 is 1.10 bits per heavy atom. The van der Waals surface area contributed by atoms with Crippen LogP contribution in [0.3, 0.4) is 0 Å². The number of hydrogen-bond acceptors (Lipinski definition) is 2. The predicted molar refractivity (Wildman–Crippen MR) is 80.2 cm³/mol. The van der Waals surface area contributed by atoms with Gasteiger partial charge in [-0.3, -0.25) is 9.59 Å². The Balaban J connectivity index is 1.61. The van der Waals surface area contributed by atoms with Gasteiger partial charge < -0.3 is 10.4 Å². The molecule has 0 aliphatic heterocycles. The van der Waals surface area contributed by atoms with Gasteiger partial charge >= 0.3 is 5.97 Å². The molecule has 1 amide bonds. The molecule has 1 saturated carbocycles. The molecule has 1 aliphatic carbocycles. The van der Waals surface area contributed by atoms with E-state index in [2.05, 4.69) is 5.32 Å². The van der Waals surface area contributed by atoms with Gasteiger partial charge in [-0.15, -0.1) is 0 Å². The first-order valence-corrected chi connectivity index (χ1v) is 7.13. The second kappa shape index (κ2) is 5.56. The van der Waals surface area contributed by atoms with Gasteiger partial charge in [-0.05, 0) is 41.7 Å². The third kappa shape index (κ3) is 3.05. The highest BCUT2D eigenvalue weighted by atomic mass is 16.4. The zero-order valence-electron chi connectivity index (χ0n) is 11.6. The first kappa shape index (κ1) is 13.6. The lowest BCUT2D eigenvalue weighted by Gasteiger charge is -2.34. The van der Waals surface area contributed by atoms with E-state index < -0.39 is 5.97 Å². The Morgan fingerprint density at radius 2 is 1.81 bits per heavy atom. The van der Waals surface area contributed by atoms with E-state index in [1.54, 1.807) is 0 Å². The minimum atomic E-state index is -0.765. The molecular weight excluding hydrogens is 266 g/mol. The fourth-order valence-corrected chi connectivity index (χ4v) is 2.87. The van der Waals surface area contributed by atoms with E-state index in [1.807, 2.05) is 42.5 Å². The Kier molecular flexibility index (Phi) is 3.60. The molecule has 0 heterocycles. The van der Waals surface area contributed by atoms with Gasteiger partial charge in [-0.25, -0.2) is 0 Å². The van der Waals surface area contributed by atoms with Gasteiger partial charge in [0.05, 0.1) is 0 Å². The van der Waals surface area contributed by atoms with Gasteiger partial charge in [0.1, 0.15) is 0 Å². The van der Waals surface area contributed by atoms with Crippen molar-refractivity contribution in [3.63, 3.8) is 0 Å². The Hall–Kier alpha value is -2.36. The van der Waals surface area contributed by atoms with E-state index in [0.717, 1.165) is 23.6 Å². The first-order valence-electron chi connectivity index (χ1n) is 7.13. The average Bonchev–Trinajstić information content (AvgIpc) is 2.44. The van der Waals surface area contributed by atoms with Crippen LogP contribution in [0.4, 0.5) is 0 Å². The summed E-state index contributed by atoms with van der Waals surface area (Å²) in [6, 6.07) is 13.7. The number of rotatable bonds is 4. The predicted octanol–water partition coefficient (Wildman–Crippen LogP) is 2.82. The van der Waals surface area contributed by atoms with Crippen molar-refractivity contribution in [2.75, 3.05) is 0 Å². The topological polar surface area (TPSA) is 66.4 Å². The molecule has 0 spiro atoms. The number of hydrogen-bond donors (Lipinski definition) is 2. The minimum absolute atomic E-state index is 0.0838. The fraction of sp³-hybridized carbons (Fsp3) is 0.294. The molecule has 3 rings (SSSR count). The van der Waals surface area contributed by atoms with Crippen molar-refractivity contribution in [1.29, 1.82) is 0 Å². The maximum atomic E-state index is 12.2. The van der Waals surface area contributed by atoms with Crippen LogP contribution in [0.2, 0.25) is 0 Å². The lowest BCUT2D eigenvalue weighted by Crippen LogP contribution is -2.44. The van der Waals surface area contributed by atoms with Crippen LogP contribution in [0.5, 0.6) is 0 Å². The average molecular weight is 283 g/mol. The highest BCUT2D eigenvalue weighted by Gasteiger charge is 2.31. The van der Waals surface area contributed by atoms with Crippen LogP contribution in [-0.2, 0) is 4.79 Å². The molecule has 0 radical (unpaired) electrons. The van der Waals surface area contributed by atoms with Crippen LogP contribution in [0, 0.1) is 5.92 Å². The second-order valence-corrected chi connectivity index (χ2v) is 5.67. The van der Waals surface area contributed by atoms with Crippen molar-refractivity contribution < 1.29 is 14.7 Å². The molecule has 2 N–H and O–H groups in total. The highest BCUT2D eigenvalue weighted by molar-refractivity contribution is 5.98. The SMILES string of the molecule is O=C(O)CC1CC(NC(=O)c2ccc3ccccc3c2)C1. The lowest BCUT2D eigenvalue weighted by atomic mass is 9.78. The number of amides is 1. The van der Waals surface area contributed by atoms with Gasteiger partial charge in [0.15, 0.2) is 0 Å². The molecule has 0 aromatic heterocycles. The van der Waals surface area contributed by atoms with Crippen LogP contribution in [-0.4, -0.2) is 23.0 Å². The number of benzene rings is 2. The molecule has 1 fully saturated rings. The number of carboxylic acid groups (broad SMARTS) is 1. The number of aliphatic carboxylic acids is 1. The molecule has 2 aromatic carbocycles. The van der Waals surface area contributed by atoms with Gasteiger partial charge in [0, 0.05) is 18.0 Å². The third-order valence-electron chi connectivity index (χ3n) is 4.05. The van der Waals surface area contributed by atoms with Crippen molar-refractivity contribution in [2.45, 2.75) is 25.3 Å². The Labute approximate surface area is 122 Å². The van der Waals surface area contributed by atoms with Crippen molar-refractivity contribution in [1.82, 2.24) is 5.32 Å². The van der Waals surface area contributed by atoms with Gasteiger partial charge in [0.2, 0.25) is 0 Å². The van der Waals surface area contributed by atoms with Crippen LogP contribution in [0.15, 0.2) is 42.5 Å². The second-order valence-electron chi connectivity index (χ2n) is 5.67. The zero-order chi connectivity index (χ0) is 14.8. The zero-order valence-corrected chi connectivity index (χ0v) is 11.6. The Morgan fingerprint density at radius 3 is 2.52 bits per heavy atom. The monoisotopic (exact) mass is 283 g/mol. The summed E-state index contributed by atoms with van der Waals surface area (Å²) in [7, 11) is 0. The standard InChI is InChI=1S/C17H17NO3/c19-16(20)9-11-7-15(8-11)18-17(21)14-6-5-12-3-1-2-4-13(12)10-14/h1-6,10-11,15H,7-9H2,(H,18,21)(H,19,20). The number of carbonyl (C=O) groups is 2. The highest BCUT2D eigenvalue weighted by Crippen LogP contribution is 2.30. The molecule has 0 saturated heterocycles. The van der Waals surface area contributed by atoms with E-state index in [1.165, 1.54) is 0 Å². The van der Waals surface area contributed by atoms with E-state index in [-0.39, 0.29) is 24.3 Å². The lowest BCUT2D eigenvalue weighted by molar-refractivity contribution is -0.138. The fourth-order valence-electron chi connectivity index (χ4n) is 2.87. The van der Waals surface area contributed by atoms with Crippen LogP contribution < -0.4 is 5.32 Å². The van der Waals surface area contributed by atoms with Gasteiger partial charge in [0.25, 0.3) is 5.91 Å². The smallest absolute Gasteiger partial charge is 0.303 e. The number of nitrogens with one attached hydrogen (secondary N) is 1. The van der Waals surface area contributed by atoms with Crippen molar-refractivity contribution in [3.8, 4) is 0 Å². The van der Waals surface area contributed by atoms with E-state index in [0.29, 0.717) is 5.56 Å². The van der Waals surface area contributed by atoms with Crippen molar-refractivity contribution in [3.05, 3.63) is 48.0 Å². The molecule has 0 bridgehead atoms. The molecular formula is C17H17NO3. The van der Waals surface area contributed by atoms with Gasteiger partial charge in [-0.1, -0.05) is 30.3 Å². The van der Waals surface area contributed by atoms with Crippen LogP contribution in [0.1, 0.15) is 29.6 Å². The molecule has 0 atom stereocenters. The number of fused-ring (bicyclic) bond motifs is 1. The van der Waals surface area contributed by atoms with E-state index in [9.17, 15) is 9.59 Å². The summed E-state index contributed by atoms with van der Waals surface area (Å²) < 4.78 is 0. The molecule has 4 heteroatoms. The molecule has 0 unspecified atom stereocenters. The largest absolute Gasteiger partial charge is 0.481 e. The summed E-state index contributed by atoms with van der Waals surface area (Å²) in [6.45, 7) is 0. The minimum Gasteiger partial charge on any atom is -0.481 e. The third-order valence-corrected chi connectivity index (χ3v) is 4.05. The number of carboxylic acids is 1. The summed E-state index contributed by atoms with van der Waals surface area (Å²) in [5, 5.41) is 13.8. The number of carbonyl (C=O) groups excluding carboxylic acids is 1. The van der Waals surface area contributed by atoms with Crippen molar-refractivity contribution >= 4 is 22.6 Å². The summed E-state index contributed by atoms with van der Waals surface area (Å²) in [5.41, 5.74) is 0.649. The first-order chi connectivity index (χ1) is 10.1. The quantitative estimate of drug-likeness (QED) is 0.906. The van der Waals surface area contributed by atoms with E-state index >= 15 is 0 Å².